The average molecular weight is 374 g/mol. The van der Waals surface area contributed by atoms with Crippen molar-refractivity contribution in [3.63, 3.8) is 0 Å². The average Bonchev–Trinajstić information content (AvgIpc) is 2.75. The van der Waals surface area contributed by atoms with Crippen molar-refractivity contribution in [2.24, 2.45) is 5.92 Å². The van der Waals surface area contributed by atoms with E-state index < -0.39 is 0 Å². The van der Waals surface area contributed by atoms with Crippen molar-refractivity contribution >= 4 is 17.5 Å². The molecule has 148 valence electrons. The summed E-state index contributed by atoms with van der Waals surface area (Å²) in [6.45, 7) is 6.90. The molecule has 0 saturated carbocycles. The third-order valence-electron chi connectivity index (χ3n) is 5.78. The number of amides is 1. The molecule has 1 atom stereocenters. The van der Waals surface area contributed by atoms with E-state index in [1.807, 2.05) is 0 Å². The summed E-state index contributed by atoms with van der Waals surface area (Å²) < 4.78 is 5.43. The Labute approximate surface area is 160 Å². The number of aromatic nitrogens is 2. The van der Waals surface area contributed by atoms with E-state index in [0.29, 0.717) is 0 Å². The number of carbonyl (C=O) groups is 1. The fourth-order valence-electron chi connectivity index (χ4n) is 4.18. The van der Waals surface area contributed by atoms with Crippen molar-refractivity contribution in [2.75, 3.05) is 62.3 Å². The molecule has 0 radical (unpaired) electrons. The zero-order valence-electron chi connectivity index (χ0n) is 15.9. The summed E-state index contributed by atoms with van der Waals surface area (Å²) in [5.74, 6) is 2.30. The molecule has 0 spiro atoms. The van der Waals surface area contributed by atoms with Crippen LogP contribution in [0.1, 0.15) is 25.7 Å². The standard InChI is InChI=1S/C19H30N6O2/c26-19(15-3-5-20-6-4-15)23-16-2-1-7-25(13-16)18-12-17(21-14-22-18)24-8-10-27-11-9-24/h12,14-16,20H,1-11,13H2,(H,23,26). The molecule has 0 aromatic carbocycles. The fourth-order valence-corrected chi connectivity index (χ4v) is 4.18. The molecule has 3 aliphatic heterocycles. The predicted molar refractivity (Wildman–Crippen MR) is 104 cm³/mol. The van der Waals surface area contributed by atoms with Crippen LogP contribution in [0.4, 0.5) is 11.6 Å². The highest BCUT2D eigenvalue weighted by atomic mass is 16.5. The summed E-state index contributed by atoms with van der Waals surface area (Å²) in [6.07, 6.45) is 5.63. The summed E-state index contributed by atoms with van der Waals surface area (Å²) in [7, 11) is 0. The molecule has 1 aromatic heterocycles. The van der Waals surface area contributed by atoms with Gasteiger partial charge in [0.2, 0.25) is 5.91 Å². The Morgan fingerprint density at radius 3 is 2.59 bits per heavy atom. The Morgan fingerprint density at radius 1 is 1.07 bits per heavy atom. The first kappa shape index (κ1) is 18.4. The highest BCUT2D eigenvalue weighted by Crippen LogP contribution is 2.22. The third kappa shape index (κ3) is 4.68. The molecule has 3 fully saturated rings. The van der Waals surface area contributed by atoms with Gasteiger partial charge in [-0.25, -0.2) is 9.97 Å². The first-order valence-electron chi connectivity index (χ1n) is 10.2. The number of rotatable bonds is 4. The van der Waals surface area contributed by atoms with Gasteiger partial charge in [-0.05, 0) is 38.8 Å². The summed E-state index contributed by atoms with van der Waals surface area (Å²) in [5.41, 5.74) is 0. The van der Waals surface area contributed by atoms with E-state index in [-0.39, 0.29) is 17.9 Å². The maximum atomic E-state index is 12.6. The summed E-state index contributed by atoms with van der Waals surface area (Å²) >= 11 is 0. The van der Waals surface area contributed by atoms with Gasteiger partial charge >= 0.3 is 0 Å². The van der Waals surface area contributed by atoms with E-state index in [4.69, 9.17) is 4.74 Å². The Balaban J connectivity index is 1.37. The number of anilines is 2. The van der Waals surface area contributed by atoms with E-state index in [1.165, 1.54) is 0 Å². The number of hydrogen-bond donors (Lipinski definition) is 2. The van der Waals surface area contributed by atoms with Gasteiger partial charge in [-0.15, -0.1) is 0 Å². The van der Waals surface area contributed by atoms with Crippen LogP contribution in [0.5, 0.6) is 0 Å². The minimum absolute atomic E-state index is 0.161. The van der Waals surface area contributed by atoms with Crippen molar-refractivity contribution in [3.05, 3.63) is 12.4 Å². The van der Waals surface area contributed by atoms with Crippen molar-refractivity contribution in [1.82, 2.24) is 20.6 Å². The van der Waals surface area contributed by atoms with Gasteiger partial charge in [-0.1, -0.05) is 0 Å². The number of carbonyl (C=O) groups excluding carboxylic acids is 1. The molecule has 3 aliphatic rings. The maximum absolute atomic E-state index is 12.6. The summed E-state index contributed by atoms with van der Waals surface area (Å²) in [6, 6.07) is 2.27. The van der Waals surface area contributed by atoms with Gasteiger partial charge < -0.3 is 25.2 Å². The molecule has 8 nitrogen and oxygen atoms in total. The lowest BCUT2D eigenvalue weighted by molar-refractivity contribution is -0.126. The first-order valence-corrected chi connectivity index (χ1v) is 10.2. The summed E-state index contributed by atoms with van der Waals surface area (Å²) in [4.78, 5) is 26.0. The number of nitrogens with zero attached hydrogens (tertiary/aromatic N) is 4. The summed E-state index contributed by atoms with van der Waals surface area (Å²) in [5, 5.41) is 6.61. The van der Waals surface area contributed by atoms with Crippen LogP contribution in [0, 0.1) is 5.92 Å². The van der Waals surface area contributed by atoms with Crippen LogP contribution >= 0.6 is 0 Å². The third-order valence-corrected chi connectivity index (χ3v) is 5.78. The number of morpholine rings is 1. The zero-order chi connectivity index (χ0) is 18.5. The number of hydrogen-bond acceptors (Lipinski definition) is 7. The second-order valence-electron chi connectivity index (χ2n) is 7.65. The molecule has 3 saturated heterocycles. The quantitative estimate of drug-likeness (QED) is 0.789. The molecule has 4 rings (SSSR count). The molecule has 2 N–H and O–H groups in total. The predicted octanol–water partition coefficient (Wildman–Crippen LogP) is 0.398. The van der Waals surface area contributed by atoms with Crippen LogP contribution in [-0.4, -0.2) is 74.4 Å². The van der Waals surface area contributed by atoms with Crippen molar-refractivity contribution in [2.45, 2.75) is 31.7 Å². The van der Waals surface area contributed by atoms with E-state index in [1.54, 1.807) is 6.33 Å². The monoisotopic (exact) mass is 374 g/mol. The second kappa shape index (κ2) is 8.84. The van der Waals surface area contributed by atoms with Crippen LogP contribution in [-0.2, 0) is 9.53 Å². The lowest BCUT2D eigenvalue weighted by Crippen LogP contribution is -2.50. The van der Waals surface area contributed by atoms with Crippen LogP contribution in [0.2, 0.25) is 0 Å². The normalized spacial score (nSPS) is 24.7. The number of nitrogens with one attached hydrogen (secondary N) is 2. The van der Waals surface area contributed by atoms with Crippen molar-refractivity contribution in [1.29, 1.82) is 0 Å². The largest absolute Gasteiger partial charge is 0.378 e. The molecule has 1 unspecified atom stereocenters. The Morgan fingerprint density at radius 2 is 1.81 bits per heavy atom. The molecular formula is C19H30N6O2. The van der Waals surface area contributed by atoms with Crippen LogP contribution in [0.3, 0.4) is 0 Å². The molecule has 8 heteroatoms. The van der Waals surface area contributed by atoms with E-state index in [2.05, 4.69) is 36.5 Å². The number of ether oxygens (including phenoxy) is 1. The van der Waals surface area contributed by atoms with Gasteiger partial charge in [0.15, 0.2) is 0 Å². The molecule has 1 aromatic rings. The minimum atomic E-state index is 0.161. The van der Waals surface area contributed by atoms with Crippen LogP contribution in [0.15, 0.2) is 12.4 Å². The maximum Gasteiger partial charge on any atom is 0.223 e. The second-order valence-corrected chi connectivity index (χ2v) is 7.65. The van der Waals surface area contributed by atoms with Gasteiger partial charge in [0.1, 0.15) is 18.0 Å². The Kier molecular flexibility index (Phi) is 6.03. The topological polar surface area (TPSA) is 82.6 Å². The molecule has 0 aliphatic carbocycles. The molecule has 0 bridgehead atoms. The van der Waals surface area contributed by atoms with Gasteiger partial charge in [0.05, 0.1) is 13.2 Å². The minimum Gasteiger partial charge on any atom is -0.378 e. The van der Waals surface area contributed by atoms with E-state index in [9.17, 15) is 4.79 Å². The van der Waals surface area contributed by atoms with Crippen LogP contribution < -0.4 is 20.4 Å². The highest BCUT2D eigenvalue weighted by Gasteiger charge is 2.27. The van der Waals surface area contributed by atoms with Crippen molar-refractivity contribution in [3.8, 4) is 0 Å². The Hall–Kier alpha value is -1.93. The van der Waals surface area contributed by atoms with Gasteiger partial charge in [-0.2, -0.15) is 0 Å². The van der Waals surface area contributed by atoms with Crippen LogP contribution in [0.25, 0.3) is 0 Å². The smallest absolute Gasteiger partial charge is 0.223 e. The van der Waals surface area contributed by atoms with Gasteiger partial charge in [0, 0.05) is 44.2 Å². The van der Waals surface area contributed by atoms with Gasteiger partial charge in [-0.3, -0.25) is 4.79 Å². The lowest BCUT2D eigenvalue weighted by Gasteiger charge is -2.35. The molecular weight excluding hydrogens is 344 g/mol. The molecule has 4 heterocycles. The van der Waals surface area contributed by atoms with E-state index >= 15 is 0 Å². The number of piperidine rings is 2. The van der Waals surface area contributed by atoms with Gasteiger partial charge in [0.25, 0.3) is 0 Å². The highest BCUT2D eigenvalue weighted by molar-refractivity contribution is 5.79. The van der Waals surface area contributed by atoms with E-state index in [0.717, 1.165) is 89.8 Å². The fraction of sp³-hybridized carbons (Fsp3) is 0.737. The lowest BCUT2D eigenvalue weighted by atomic mass is 9.96. The first-order chi connectivity index (χ1) is 13.3. The molecule has 1 amide bonds. The SMILES string of the molecule is O=C(NC1CCCN(c2cc(N3CCOCC3)ncn2)C1)C1CCNCC1. The Bertz CT molecular complexity index is 630. The zero-order valence-corrected chi connectivity index (χ0v) is 15.9. The molecule has 27 heavy (non-hydrogen) atoms. The van der Waals surface area contributed by atoms with Crippen molar-refractivity contribution < 1.29 is 9.53 Å².